The minimum atomic E-state index is 0.284. The van der Waals surface area contributed by atoms with Crippen LogP contribution in [-0.4, -0.2) is 6.54 Å². The van der Waals surface area contributed by atoms with Gasteiger partial charge in [-0.25, -0.2) is 0 Å². The Morgan fingerprint density at radius 2 is 1.94 bits per heavy atom. The van der Waals surface area contributed by atoms with Crippen molar-refractivity contribution < 1.29 is 0 Å². The molecule has 1 heteroatoms. The van der Waals surface area contributed by atoms with E-state index in [0.717, 1.165) is 12.5 Å². The van der Waals surface area contributed by atoms with Crippen LogP contribution < -0.4 is 5.32 Å². The second kappa shape index (κ2) is 7.76. The number of hydrogen-bond acceptors (Lipinski definition) is 1. The maximum Gasteiger partial charge on any atom is 0.0144 e. The van der Waals surface area contributed by atoms with Gasteiger partial charge in [0.05, 0.1) is 0 Å². The fraction of sp³-hybridized carbons (Fsp3) is 0.867. The first-order valence-corrected chi connectivity index (χ1v) is 6.89. The molecule has 0 heterocycles. The zero-order valence-corrected chi connectivity index (χ0v) is 12.0. The van der Waals surface area contributed by atoms with Gasteiger partial charge < -0.3 is 5.32 Å². The highest BCUT2D eigenvalue weighted by Gasteiger charge is 2.24. The van der Waals surface area contributed by atoms with Crippen LogP contribution in [0.2, 0.25) is 0 Å². The average Bonchev–Trinajstić information content (AvgIpc) is 2.24. The molecule has 1 unspecified atom stereocenters. The number of hydrogen-bond donors (Lipinski definition) is 1. The molecule has 0 saturated heterocycles. The summed E-state index contributed by atoms with van der Waals surface area (Å²) >= 11 is 0. The minimum absolute atomic E-state index is 0.284. The molecule has 0 fully saturated rings. The lowest BCUT2D eigenvalue weighted by molar-refractivity contribution is 0.324. The van der Waals surface area contributed by atoms with Gasteiger partial charge >= 0.3 is 0 Å². The van der Waals surface area contributed by atoms with Crippen LogP contribution in [0.25, 0.3) is 0 Å². The van der Waals surface area contributed by atoms with Crippen molar-refractivity contribution >= 4 is 0 Å². The molecule has 0 rings (SSSR count). The van der Waals surface area contributed by atoms with Gasteiger partial charge in [0.25, 0.3) is 0 Å². The van der Waals surface area contributed by atoms with Gasteiger partial charge in [-0.15, -0.1) is 0 Å². The summed E-state index contributed by atoms with van der Waals surface area (Å²) in [5.74, 6) is 0.809. The molecule has 0 aliphatic rings. The Bertz CT molecular complexity index is 196. The van der Waals surface area contributed by atoms with Crippen LogP contribution in [0, 0.1) is 11.3 Å². The first-order valence-electron chi connectivity index (χ1n) is 6.89. The Morgan fingerprint density at radius 1 is 1.31 bits per heavy atom. The van der Waals surface area contributed by atoms with Crippen molar-refractivity contribution in [3.63, 3.8) is 0 Å². The third-order valence-corrected chi connectivity index (χ3v) is 3.61. The van der Waals surface area contributed by atoms with Crippen LogP contribution in [0.1, 0.15) is 66.7 Å². The fourth-order valence-electron chi connectivity index (χ4n) is 2.06. The fourth-order valence-corrected chi connectivity index (χ4v) is 2.06. The minimum Gasteiger partial charge on any atom is -0.388 e. The van der Waals surface area contributed by atoms with E-state index in [1.54, 1.807) is 0 Å². The van der Waals surface area contributed by atoms with Crippen LogP contribution in [0.4, 0.5) is 0 Å². The molecule has 0 aliphatic heterocycles. The average molecular weight is 225 g/mol. The van der Waals surface area contributed by atoms with Crippen LogP contribution in [0.15, 0.2) is 12.3 Å². The smallest absolute Gasteiger partial charge is 0.0144 e. The van der Waals surface area contributed by atoms with E-state index in [1.165, 1.54) is 37.8 Å². The Balaban J connectivity index is 3.93. The molecule has 1 N–H and O–H groups in total. The standard InChI is InChI=1S/C15H31N/c1-7-11-15(6,8-2)14(5)16-12-9-10-13(3)4/h13,16H,5,7-12H2,1-4,6H3. The van der Waals surface area contributed by atoms with Crippen molar-refractivity contribution in [2.75, 3.05) is 6.54 Å². The van der Waals surface area contributed by atoms with Crippen LogP contribution in [0.3, 0.4) is 0 Å². The van der Waals surface area contributed by atoms with Crippen molar-refractivity contribution in [2.45, 2.75) is 66.7 Å². The normalized spacial score (nSPS) is 14.9. The Hall–Kier alpha value is -0.460. The number of rotatable bonds is 9. The third-order valence-electron chi connectivity index (χ3n) is 3.61. The SMILES string of the molecule is C=C(NCCCC(C)C)C(C)(CC)CCC. The molecule has 0 bridgehead atoms. The Morgan fingerprint density at radius 3 is 2.38 bits per heavy atom. The molecule has 0 aromatic heterocycles. The predicted molar refractivity (Wildman–Crippen MR) is 74.5 cm³/mol. The van der Waals surface area contributed by atoms with Gasteiger partial charge in [-0.3, -0.25) is 0 Å². The lowest BCUT2D eigenvalue weighted by Gasteiger charge is -2.31. The summed E-state index contributed by atoms with van der Waals surface area (Å²) in [4.78, 5) is 0. The van der Waals surface area contributed by atoms with Gasteiger partial charge in [0, 0.05) is 17.7 Å². The van der Waals surface area contributed by atoms with E-state index in [1.807, 2.05) is 0 Å². The van der Waals surface area contributed by atoms with Crippen molar-refractivity contribution in [1.82, 2.24) is 5.32 Å². The first kappa shape index (κ1) is 15.5. The summed E-state index contributed by atoms with van der Waals surface area (Å²) in [5, 5.41) is 3.52. The molecule has 0 spiro atoms. The van der Waals surface area contributed by atoms with Crippen molar-refractivity contribution in [2.24, 2.45) is 11.3 Å². The molecule has 0 radical (unpaired) electrons. The summed E-state index contributed by atoms with van der Waals surface area (Å²) < 4.78 is 0. The maximum atomic E-state index is 4.22. The van der Waals surface area contributed by atoms with Crippen molar-refractivity contribution in [3.8, 4) is 0 Å². The molecular formula is C15H31N. The monoisotopic (exact) mass is 225 g/mol. The summed E-state index contributed by atoms with van der Waals surface area (Å²) in [6.07, 6.45) is 6.20. The van der Waals surface area contributed by atoms with E-state index >= 15 is 0 Å². The lowest BCUT2D eigenvalue weighted by Crippen LogP contribution is -2.28. The molecule has 16 heavy (non-hydrogen) atoms. The van der Waals surface area contributed by atoms with Gasteiger partial charge in [-0.1, -0.05) is 47.6 Å². The largest absolute Gasteiger partial charge is 0.388 e. The lowest BCUT2D eigenvalue weighted by atomic mass is 9.80. The first-order chi connectivity index (χ1) is 7.46. The highest BCUT2D eigenvalue weighted by atomic mass is 14.9. The maximum absolute atomic E-state index is 4.22. The van der Waals surface area contributed by atoms with Crippen molar-refractivity contribution in [1.29, 1.82) is 0 Å². The number of allylic oxidation sites excluding steroid dienone is 1. The van der Waals surface area contributed by atoms with E-state index in [4.69, 9.17) is 0 Å². The Labute approximate surface area is 103 Å². The van der Waals surface area contributed by atoms with Gasteiger partial charge in [0.2, 0.25) is 0 Å². The zero-order valence-electron chi connectivity index (χ0n) is 12.0. The van der Waals surface area contributed by atoms with E-state index in [0.29, 0.717) is 0 Å². The van der Waals surface area contributed by atoms with E-state index in [9.17, 15) is 0 Å². The molecule has 0 aliphatic carbocycles. The molecule has 1 nitrogen and oxygen atoms in total. The number of nitrogens with one attached hydrogen (secondary N) is 1. The molecule has 0 aromatic rings. The quantitative estimate of drug-likeness (QED) is 0.559. The summed E-state index contributed by atoms with van der Waals surface area (Å²) in [5.41, 5.74) is 1.52. The molecular weight excluding hydrogens is 194 g/mol. The van der Waals surface area contributed by atoms with Gasteiger partial charge in [0.15, 0.2) is 0 Å². The zero-order chi connectivity index (χ0) is 12.6. The molecule has 0 aromatic carbocycles. The van der Waals surface area contributed by atoms with Gasteiger partial charge in [0.1, 0.15) is 0 Å². The topological polar surface area (TPSA) is 12.0 Å². The van der Waals surface area contributed by atoms with Crippen LogP contribution in [0.5, 0.6) is 0 Å². The highest BCUT2D eigenvalue weighted by Crippen LogP contribution is 2.33. The van der Waals surface area contributed by atoms with Crippen LogP contribution >= 0.6 is 0 Å². The highest BCUT2D eigenvalue weighted by molar-refractivity contribution is 5.06. The van der Waals surface area contributed by atoms with Gasteiger partial charge in [-0.2, -0.15) is 0 Å². The van der Waals surface area contributed by atoms with Gasteiger partial charge in [-0.05, 0) is 31.6 Å². The molecule has 0 saturated carbocycles. The van der Waals surface area contributed by atoms with E-state index < -0.39 is 0 Å². The van der Waals surface area contributed by atoms with Crippen molar-refractivity contribution in [3.05, 3.63) is 12.3 Å². The molecule has 0 amide bonds. The van der Waals surface area contributed by atoms with E-state index in [2.05, 4.69) is 46.5 Å². The second-order valence-corrected chi connectivity index (χ2v) is 5.61. The third kappa shape index (κ3) is 5.58. The second-order valence-electron chi connectivity index (χ2n) is 5.61. The summed E-state index contributed by atoms with van der Waals surface area (Å²) in [6.45, 7) is 16.7. The van der Waals surface area contributed by atoms with E-state index in [-0.39, 0.29) is 5.41 Å². The molecule has 96 valence electrons. The molecule has 1 atom stereocenters. The summed E-state index contributed by atoms with van der Waals surface area (Å²) in [7, 11) is 0. The summed E-state index contributed by atoms with van der Waals surface area (Å²) in [6, 6.07) is 0. The predicted octanol–water partition coefficient (Wildman–Crippen LogP) is 4.74. The van der Waals surface area contributed by atoms with Crippen LogP contribution in [-0.2, 0) is 0 Å². The Kier molecular flexibility index (Phi) is 7.53.